The highest BCUT2D eigenvalue weighted by molar-refractivity contribution is 7.80. The lowest BCUT2D eigenvalue weighted by atomic mass is 10.2. The Morgan fingerprint density at radius 1 is 1.29 bits per heavy atom. The summed E-state index contributed by atoms with van der Waals surface area (Å²) in [5.74, 6) is -0.252. The molecular formula is C15H12ClN3O4S. The third-order valence-corrected chi connectivity index (χ3v) is 3.52. The minimum absolute atomic E-state index is 0.00655. The number of amides is 1. The molecule has 0 bridgehead atoms. The van der Waals surface area contributed by atoms with Gasteiger partial charge in [-0.05, 0) is 30.4 Å². The molecule has 2 N–H and O–H groups in total. The molecule has 0 heterocycles. The highest BCUT2D eigenvalue weighted by Crippen LogP contribution is 2.28. The molecule has 124 valence electrons. The van der Waals surface area contributed by atoms with E-state index >= 15 is 0 Å². The zero-order chi connectivity index (χ0) is 17.7. The summed E-state index contributed by atoms with van der Waals surface area (Å²) in [6, 6.07) is 10.5. The van der Waals surface area contributed by atoms with Crippen molar-refractivity contribution >= 4 is 46.2 Å². The number of thiocarbonyl (C=S) groups is 1. The fourth-order valence-corrected chi connectivity index (χ4v) is 2.29. The largest absolute Gasteiger partial charge is 0.494 e. The molecule has 2 rings (SSSR count). The summed E-state index contributed by atoms with van der Waals surface area (Å²) in [4.78, 5) is 22.4. The predicted octanol–water partition coefficient (Wildman–Crippen LogP) is 3.38. The topological polar surface area (TPSA) is 93.5 Å². The Morgan fingerprint density at radius 2 is 2.00 bits per heavy atom. The maximum atomic E-state index is 12.1. The summed E-state index contributed by atoms with van der Waals surface area (Å²) in [7, 11) is 1.37. The van der Waals surface area contributed by atoms with Gasteiger partial charge in [-0.3, -0.25) is 20.2 Å². The summed E-state index contributed by atoms with van der Waals surface area (Å²) in [5, 5.41) is 16.3. The number of halogens is 1. The summed E-state index contributed by atoms with van der Waals surface area (Å²) >= 11 is 11.0. The van der Waals surface area contributed by atoms with Crippen molar-refractivity contribution in [2.75, 3.05) is 12.4 Å². The summed E-state index contributed by atoms with van der Waals surface area (Å²) < 4.78 is 5.09. The average molecular weight is 366 g/mol. The normalized spacial score (nSPS) is 9.92. The van der Waals surface area contributed by atoms with Gasteiger partial charge < -0.3 is 10.1 Å². The second-order valence-corrected chi connectivity index (χ2v) is 5.35. The molecule has 0 fully saturated rings. The van der Waals surface area contributed by atoms with Crippen LogP contribution < -0.4 is 15.4 Å². The number of nitrogens with zero attached hydrogens (tertiary/aromatic N) is 1. The average Bonchev–Trinajstić information content (AvgIpc) is 2.55. The minimum Gasteiger partial charge on any atom is -0.494 e. The van der Waals surface area contributed by atoms with Crippen molar-refractivity contribution in [3.05, 3.63) is 63.2 Å². The Bertz CT molecular complexity index is 813. The van der Waals surface area contributed by atoms with Crippen LogP contribution in [0.4, 0.5) is 11.4 Å². The molecule has 0 aliphatic heterocycles. The maximum absolute atomic E-state index is 12.1. The Morgan fingerprint density at radius 3 is 2.62 bits per heavy atom. The van der Waals surface area contributed by atoms with Gasteiger partial charge in [0.05, 0.1) is 34.4 Å². The smallest absolute Gasteiger partial charge is 0.273 e. The number of nitro benzene ring substituents is 1. The first-order chi connectivity index (χ1) is 11.4. The van der Waals surface area contributed by atoms with E-state index in [1.54, 1.807) is 24.3 Å². The van der Waals surface area contributed by atoms with Crippen molar-refractivity contribution in [1.82, 2.24) is 5.32 Å². The molecule has 0 aromatic heterocycles. The quantitative estimate of drug-likeness (QED) is 0.490. The first-order valence-electron chi connectivity index (χ1n) is 6.61. The highest BCUT2D eigenvalue weighted by Gasteiger charge is 2.14. The van der Waals surface area contributed by atoms with Crippen molar-refractivity contribution in [2.24, 2.45) is 0 Å². The van der Waals surface area contributed by atoms with E-state index < -0.39 is 10.8 Å². The number of ether oxygens (including phenoxy) is 1. The van der Waals surface area contributed by atoms with Gasteiger partial charge in [0, 0.05) is 6.07 Å². The number of methoxy groups -OCH3 is 1. The van der Waals surface area contributed by atoms with Crippen LogP contribution in [0.1, 0.15) is 10.4 Å². The molecule has 0 aliphatic rings. The van der Waals surface area contributed by atoms with Gasteiger partial charge in [0.2, 0.25) is 0 Å². The van der Waals surface area contributed by atoms with Crippen molar-refractivity contribution in [1.29, 1.82) is 0 Å². The molecule has 7 nitrogen and oxygen atoms in total. The summed E-state index contributed by atoms with van der Waals surface area (Å²) in [6.45, 7) is 0. The van der Waals surface area contributed by atoms with Crippen LogP contribution in [0.2, 0.25) is 5.02 Å². The Hall–Kier alpha value is -2.71. The first kappa shape index (κ1) is 17.6. The van der Waals surface area contributed by atoms with Crippen LogP contribution in [-0.4, -0.2) is 23.1 Å². The van der Waals surface area contributed by atoms with Crippen molar-refractivity contribution in [2.45, 2.75) is 0 Å². The lowest BCUT2D eigenvalue weighted by molar-refractivity contribution is -0.384. The van der Waals surface area contributed by atoms with E-state index in [0.29, 0.717) is 10.7 Å². The monoisotopic (exact) mass is 365 g/mol. The summed E-state index contributed by atoms with van der Waals surface area (Å²) in [5.41, 5.74) is 0.537. The number of hydrogen-bond donors (Lipinski definition) is 2. The van der Waals surface area contributed by atoms with Gasteiger partial charge in [0.25, 0.3) is 11.6 Å². The molecule has 24 heavy (non-hydrogen) atoms. The lowest BCUT2D eigenvalue weighted by Crippen LogP contribution is -2.34. The molecular weight excluding hydrogens is 354 g/mol. The van der Waals surface area contributed by atoms with E-state index in [-0.39, 0.29) is 22.1 Å². The van der Waals surface area contributed by atoms with Gasteiger partial charge in [0.15, 0.2) is 5.11 Å². The van der Waals surface area contributed by atoms with E-state index in [0.717, 1.165) is 0 Å². The third-order valence-electron chi connectivity index (χ3n) is 2.99. The van der Waals surface area contributed by atoms with E-state index in [1.165, 1.54) is 25.3 Å². The number of nitro groups is 1. The van der Waals surface area contributed by atoms with E-state index in [9.17, 15) is 14.9 Å². The second-order valence-electron chi connectivity index (χ2n) is 4.53. The number of benzene rings is 2. The van der Waals surface area contributed by atoms with Crippen molar-refractivity contribution < 1.29 is 14.5 Å². The Kier molecular flexibility index (Phi) is 5.67. The van der Waals surface area contributed by atoms with Gasteiger partial charge in [-0.15, -0.1) is 0 Å². The van der Waals surface area contributed by atoms with Crippen LogP contribution in [0.5, 0.6) is 5.75 Å². The lowest BCUT2D eigenvalue weighted by Gasteiger charge is -2.13. The Labute approximate surface area is 147 Å². The van der Waals surface area contributed by atoms with Crippen LogP contribution >= 0.6 is 23.8 Å². The molecule has 0 spiro atoms. The van der Waals surface area contributed by atoms with Crippen molar-refractivity contribution in [3.63, 3.8) is 0 Å². The first-order valence-corrected chi connectivity index (χ1v) is 7.40. The highest BCUT2D eigenvalue weighted by atomic mass is 35.5. The van der Waals surface area contributed by atoms with Crippen LogP contribution in [0, 0.1) is 10.1 Å². The third kappa shape index (κ3) is 4.18. The number of rotatable bonds is 4. The molecule has 1 amide bonds. The molecule has 2 aromatic carbocycles. The number of carbonyl (C=O) groups excluding carboxylic acids is 1. The van der Waals surface area contributed by atoms with Gasteiger partial charge in [-0.25, -0.2) is 0 Å². The molecule has 0 unspecified atom stereocenters. The Balaban J connectivity index is 2.11. The summed E-state index contributed by atoms with van der Waals surface area (Å²) in [6.07, 6.45) is 0. The fourth-order valence-electron chi connectivity index (χ4n) is 1.87. The van der Waals surface area contributed by atoms with E-state index in [4.69, 9.17) is 28.6 Å². The zero-order valence-electron chi connectivity index (χ0n) is 12.4. The number of non-ortho nitro benzene ring substituents is 1. The van der Waals surface area contributed by atoms with Gasteiger partial charge in [-0.1, -0.05) is 23.7 Å². The zero-order valence-corrected chi connectivity index (χ0v) is 14.0. The number of anilines is 1. The minimum atomic E-state index is -0.538. The molecule has 9 heteroatoms. The van der Waals surface area contributed by atoms with E-state index in [2.05, 4.69) is 10.6 Å². The SMILES string of the molecule is COc1cc([N+](=O)[O-])ccc1NC(=S)NC(=O)c1ccccc1Cl. The maximum Gasteiger partial charge on any atom is 0.273 e. The van der Waals surface area contributed by atoms with Gasteiger partial charge in [-0.2, -0.15) is 0 Å². The van der Waals surface area contributed by atoms with Crippen LogP contribution in [0.3, 0.4) is 0 Å². The standard InChI is InChI=1S/C15H12ClN3O4S/c1-23-13-8-9(19(21)22)6-7-12(13)17-15(24)18-14(20)10-4-2-3-5-11(10)16/h2-8H,1H3,(H2,17,18,20,24). The number of carbonyl (C=O) groups is 1. The molecule has 0 saturated heterocycles. The second kappa shape index (κ2) is 7.71. The van der Waals surface area contributed by atoms with Gasteiger partial charge in [0.1, 0.15) is 5.75 Å². The van der Waals surface area contributed by atoms with Gasteiger partial charge >= 0.3 is 0 Å². The molecule has 0 saturated carbocycles. The molecule has 2 aromatic rings. The molecule has 0 radical (unpaired) electrons. The van der Waals surface area contributed by atoms with E-state index in [1.807, 2.05) is 0 Å². The molecule has 0 atom stereocenters. The number of hydrogen-bond acceptors (Lipinski definition) is 5. The van der Waals surface area contributed by atoms with Crippen LogP contribution in [0.25, 0.3) is 0 Å². The molecule has 0 aliphatic carbocycles. The number of nitrogens with one attached hydrogen (secondary N) is 2. The fraction of sp³-hybridized carbons (Fsp3) is 0.0667. The van der Waals surface area contributed by atoms with Crippen LogP contribution in [0.15, 0.2) is 42.5 Å². The van der Waals surface area contributed by atoms with Crippen molar-refractivity contribution in [3.8, 4) is 5.75 Å². The van der Waals surface area contributed by atoms with Crippen LogP contribution in [-0.2, 0) is 0 Å². The predicted molar refractivity (Wildman–Crippen MR) is 94.8 cm³/mol.